The fourth-order valence-electron chi connectivity index (χ4n) is 3.97. The molecule has 1 saturated heterocycles. The van der Waals surface area contributed by atoms with Crippen molar-refractivity contribution in [2.45, 2.75) is 12.8 Å². The maximum Gasteiger partial charge on any atom is 0.261 e. The lowest BCUT2D eigenvalue weighted by molar-refractivity contribution is -0.123. The number of likely N-dealkylation sites (tertiary alicyclic amines) is 1. The number of hydrogen-bond acceptors (Lipinski definition) is 4. The van der Waals surface area contributed by atoms with Crippen molar-refractivity contribution in [1.82, 2.24) is 9.80 Å². The van der Waals surface area contributed by atoms with Gasteiger partial charge in [0.1, 0.15) is 0 Å². The first-order chi connectivity index (χ1) is 12.6. The van der Waals surface area contributed by atoms with Gasteiger partial charge in [-0.1, -0.05) is 24.3 Å². The fourth-order valence-corrected chi connectivity index (χ4v) is 3.97. The van der Waals surface area contributed by atoms with Crippen LogP contribution in [-0.2, 0) is 4.79 Å². The average molecular weight is 351 g/mol. The Labute approximate surface area is 151 Å². The maximum absolute atomic E-state index is 12.9. The third kappa shape index (κ3) is 2.76. The van der Waals surface area contributed by atoms with Crippen molar-refractivity contribution in [3.63, 3.8) is 0 Å². The van der Waals surface area contributed by atoms with Crippen molar-refractivity contribution in [3.05, 3.63) is 47.5 Å². The minimum absolute atomic E-state index is 0.0611. The van der Waals surface area contributed by atoms with E-state index in [0.717, 1.165) is 36.7 Å². The van der Waals surface area contributed by atoms with Crippen LogP contribution < -0.4 is 5.73 Å². The Kier molecular flexibility index (Phi) is 4.20. The van der Waals surface area contributed by atoms with E-state index < -0.39 is 0 Å². The van der Waals surface area contributed by atoms with E-state index >= 15 is 0 Å². The highest BCUT2D eigenvalue weighted by Crippen LogP contribution is 2.29. The van der Waals surface area contributed by atoms with Crippen LogP contribution in [0.1, 0.15) is 33.6 Å². The van der Waals surface area contributed by atoms with Gasteiger partial charge in [-0.2, -0.15) is 0 Å². The molecule has 26 heavy (non-hydrogen) atoms. The van der Waals surface area contributed by atoms with Crippen LogP contribution in [0.3, 0.4) is 0 Å². The zero-order chi connectivity index (χ0) is 18.3. The van der Waals surface area contributed by atoms with Crippen molar-refractivity contribution < 1.29 is 14.4 Å². The SMILES string of the molecule is NC(=O)C1CCN(CCN2C(=O)c3cccc4cccc(c34)C2=O)CC1. The number of imide groups is 1. The Morgan fingerprint density at radius 1 is 0.962 bits per heavy atom. The van der Waals surface area contributed by atoms with Crippen LogP contribution in [0.15, 0.2) is 36.4 Å². The van der Waals surface area contributed by atoms with Gasteiger partial charge in [0.15, 0.2) is 0 Å². The number of amides is 3. The van der Waals surface area contributed by atoms with Gasteiger partial charge in [0, 0.05) is 35.5 Å². The van der Waals surface area contributed by atoms with Crippen molar-refractivity contribution >= 4 is 28.5 Å². The van der Waals surface area contributed by atoms with Crippen molar-refractivity contribution in [2.24, 2.45) is 11.7 Å². The van der Waals surface area contributed by atoms with Gasteiger partial charge in [-0.25, -0.2) is 0 Å². The summed E-state index contributed by atoms with van der Waals surface area (Å²) in [6, 6.07) is 11.1. The molecule has 1 fully saturated rings. The van der Waals surface area contributed by atoms with Gasteiger partial charge in [-0.15, -0.1) is 0 Å². The van der Waals surface area contributed by atoms with E-state index in [1.807, 2.05) is 24.3 Å². The summed E-state index contributed by atoms with van der Waals surface area (Å²) < 4.78 is 0. The van der Waals surface area contributed by atoms with E-state index in [4.69, 9.17) is 5.73 Å². The standard InChI is InChI=1S/C20H21N3O3/c21-18(24)14-7-9-22(10-8-14)11-12-23-19(25)15-5-1-3-13-4-2-6-16(17(13)15)20(23)26/h1-6,14H,7-12H2,(H2,21,24). The Bertz CT molecular complexity index is 850. The molecule has 0 aromatic heterocycles. The van der Waals surface area contributed by atoms with Crippen LogP contribution in [0.5, 0.6) is 0 Å². The Hall–Kier alpha value is -2.73. The summed E-state index contributed by atoms with van der Waals surface area (Å²) in [6.45, 7) is 2.48. The normalized spacial score (nSPS) is 18.5. The lowest BCUT2D eigenvalue weighted by Gasteiger charge is -2.33. The number of benzene rings is 2. The second-order valence-electron chi connectivity index (χ2n) is 6.99. The molecule has 2 aliphatic heterocycles. The molecule has 0 spiro atoms. The first kappa shape index (κ1) is 16.7. The highest BCUT2D eigenvalue weighted by molar-refractivity contribution is 6.25. The second kappa shape index (κ2) is 6.53. The van der Waals surface area contributed by atoms with Gasteiger partial charge in [-0.05, 0) is 43.5 Å². The largest absolute Gasteiger partial charge is 0.369 e. The quantitative estimate of drug-likeness (QED) is 0.849. The number of hydrogen-bond donors (Lipinski definition) is 1. The summed E-state index contributed by atoms with van der Waals surface area (Å²) in [5.41, 5.74) is 6.54. The van der Waals surface area contributed by atoms with Crippen LogP contribution >= 0.6 is 0 Å². The molecule has 3 amide bonds. The van der Waals surface area contributed by atoms with Crippen molar-refractivity contribution in [1.29, 1.82) is 0 Å². The number of nitrogens with zero attached hydrogens (tertiary/aromatic N) is 2. The summed E-state index contributed by atoms with van der Waals surface area (Å²) in [5, 5.41) is 1.67. The molecule has 2 N–H and O–H groups in total. The molecule has 0 saturated carbocycles. The molecule has 6 nitrogen and oxygen atoms in total. The van der Waals surface area contributed by atoms with Gasteiger partial charge < -0.3 is 10.6 Å². The monoisotopic (exact) mass is 351 g/mol. The molecule has 2 aromatic carbocycles. The molecular weight excluding hydrogens is 330 g/mol. The maximum atomic E-state index is 12.9. The van der Waals surface area contributed by atoms with Crippen molar-refractivity contribution in [3.8, 4) is 0 Å². The van der Waals surface area contributed by atoms with E-state index in [-0.39, 0.29) is 23.6 Å². The predicted octanol–water partition coefficient (Wildman–Crippen LogP) is 1.63. The number of rotatable bonds is 4. The number of nitrogens with two attached hydrogens (primary N) is 1. The van der Waals surface area contributed by atoms with Gasteiger partial charge in [-0.3, -0.25) is 19.3 Å². The Balaban J connectivity index is 1.50. The molecule has 0 atom stereocenters. The summed E-state index contributed by atoms with van der Waals surface area (Å²) in [5.74, 6) is -0.762. The van der Waals surface area contributed by atoms with Gasteiger partial charge in [0.2, 0.25) is 5.91 Å². The molecule has 134 valence electrons. The first-order valence-corrected chi connectivity index (χ1v) is 8.96. The van der Waals surface area contributed by atoms with Gasteiger partial charge in [0.25, 0.3) is 11.8 Å². The summed E-state index contributed by atoms with van der Waals surface area (Å²) in [6.07, 6.45) is 1.47. The minimum atomic E-state index is -0.240. The highest BCUT2D eigenvalue weighted by Gasteiger charge is 2.33. The second-order valence-corrected chi connectivity index (χ2v) is 6.99. The number of piperidine rings is 1. The number of carbonyl (C=O) groups excluding carboxylic acids is 3. The zero-order valence-electron chi connectivity index (χ0n) is 14.5. The average Bonchev–Trinajstić information content (AvgIpc) is 2.66. The molecular formula is C20H21N3O3. The van der Waals surface area contributed by atoms with Crippen molar-refractivity contribution in [2.75, 3.05) is 26.2 Å². The smallest absolute Gasteiger partial charge is 0.261 e. The molecule has 4 rings (SSSR count). The number of primary amides is 1. The molecule has 2 aromatic rings. The van der Waals surface area contributed by atoms with E-state index in [1.54, 1.807) is 12.1 Å². The Morgan fingerprint density at radius 3 is 2.08 bits per heavy atom. The predicted molar refractivity (Wildman–Crippen MR) is 97.7 cm³/mol. The van der Waals surface area contributed by atoms with Gasteiger partial charge >= 0.3 is 0 Å². The topological polar surface area (TPSA) is 83.7 Å². The van der Waals surface area contributed by atoms with E-state index in [0.29, 0.717) is 24.2 Å². The Morgan fingerprint density at radius 2 is 1.54 bits per heavy atom. The third-order valence-electron chi connectivity index (χ3n) is 5.49. The van der Waals surface area contributed by atoms with Crippen LogP contribution in [0.2, 0.25) is 0 Å². The third-order valence-corrected chi connectivity index (χ3v) is 5.49. The minimum Gasteiger partial charge on any atom is -0.369 e. The van der Waals surface area contributed by atoms with Crippen LogP contribution in [0, 0.1) is 5.92 Å². The van der Waals surface area contributed by atoms with Gasteiger partial charge in [0.05, 0.1) is 0 Å². The molecule has 0 radical (unpaired) electrons. The summed E-state index contributed by atoms with van der Waals surface area (Å²) in [7, 11) is 0. The van der Waals surface area contributed by atoms with Crippen LogP contribution in [0.25, 0.3) is 10.8 Å². The van der Waals surface area contributed by atoms with Crippen LogP contribution in [-0.4, -0.2) is 53.7 Å². The molecule has 6 heteroatoms. The molecule has 2 aliphatic rings. The van der Waals surface area contributed by atoms with E-state index in [2.05, 4.69) is 4.90 Å². The fraction of sp³-hybridized carbons (Fsp3) is 0.350. The number of carbonyl (C=O) groups is 3. The molecule has 0 bridgehead atoms. The highest BCUT2D eigenvalue weighted by atomic mass is 16.2. The lowest BCUT2D eigenvalue weighted by atomic mass is 9.94. The first-order valence-electron chi connectivity index (χ1n) is 8.96. The summed E-state index contributed by atoms with van der Waals surface area (Å²) >= 11 is 0. The zero-order valence-corrected chi connectivity index (χ0v) is 14.5. The summed E-state index contributed by atoms with van der Waals surface area (Å²) in [4.78, 5) is 40.5. The molecule has 2 heterocycles. The van der Waals surface area contributed by atoms with E-state index in [1.165, 1.54) is 4.90 Å². The molecule has 0 aliphatic carbocycles. The van der Waals surface area contributed by atoms with Crippen LogP contribution in [0.4, 0.5) is 0 Å². The molecule has 0 unspecified atom stereocenters. The van der Waals surface area contributed by atoms with E-state index in [9.17, 15) is 14.4 Å². The lowest BCUT2D eigenvalue weighted by Crippen LogP contribution is -2.46.